The predicted molar refractivity (Wildman–Crippen MR) is 96.9 cm³/mol. The number of hydrogen-bond donors (Lipinski definition) is 2. The van der Waals surface area contributed by atoms with E-state index in [1.807, 2.05) is 0 Å². The van der Waals surface area contributed by atoms with E-state index in [2.05, 4.69) is 19.6 Å². The van der Waals surface area contributed by atoms with Gasteiger partial charge in [0.05, 0.1) is 24.4 Å². The molecule has 4 atom stereocenters. The average Bonchev–Trinajstić information content (AvgIpc) is 2.52. The van der Waals surface area contributed by atoms with Gasteiger partial charge in [0.2, 0.25) is 0 Å². The first kappa shape index (κ1) is 18.6. The summed E-state index contributed by atoms with van der Waals surface area (Å²) in [6.07, 6.45) is 0.109. The molecule has 0 saturated heterocycles. The number of ketones is 1. The van der Waals surface area contributed by atoms with Crippen molar-refractivity contribution in [3.8, 4) is 5.75 Å². The summed E-state index contributed by atoms with van der Waals surface area (Å²) in [6.45, 7) is 6.72. The Morgan fingerprint density at radius 2 is 1.88 bits per heavy atom. The molecule has 1 aromatic rings. The van der Waals surface area contributed by atoms with Crippen LogP contribution in [0.1, 0.15) is 29.4 Å². The molecule has 1 aromatic carbocycles. The second kappa shape index (κ2) is 6.54. The van der Waals surface area contributed by atoms with E-state index in [4.69, 9.17) is 4.74 Å². The lowest BCUT2D eigenvalue weighted by Gasteiger charge is -2.45. The van der Waals surface area contributed by atoms with Crippen LogP contribution in [0.2, 0.25) is 25.7 Å². The Morgan fingerprint density at radius 3 is 2.50 bits per heavy atom. The third kappa shape index (κ3) is 3.27. The van der Waals surface area contributed by atoms with Gasteiger partial charge in [0.15, 0.2) is 0 Å². The molecule has 0 spiro atoms. The third-order valence-electron chi connectivity index (χ3n) is 5.41. The van der Waals surface area contributed by atoms with Crippen molar-refractivity contribution in [3.05, 3.63) is 29.3 Å². The molecule has 0 aromatic heterocycles. The Balaban J connectivity index is 1.94. The molecule has 1 unspecified atom stereocenters. The molecule has 7 heteroatoms. The molecule has 1 saturated carbocycles. The molecule has 0 radical (unpaired) electrons. The van der Waals surface area contributed by atoms with Crippen LogP contribution in [0.15, 0.2) is 18.2 Å². The quantitative estimate of drug-likeness (QED) is 0.605. The molecule has 3 aliphatic rings. The number of aromatic hydroxyl groups is 1. The number of carbonyl (C=O) groups excluding carboxylic acids is 2. The van der Waals surface area contributed by atoms with Crippen molar-refractivity contribution >= 4 is 25.8 Å². The lowest BCUT2D eigenvalue weighted by Crippen LogP contribution is -2.50. The van der Waals surface area contributed by atoms with Gasteiger partial charge < -0.3 is 14.9 Å². The van der Waals surface area contributed by atoms with Gasteiger partial charge in [-0.25, -0.2) is 0 Å². The first-order chi connectivity index (χ1) is 12.1. The average molecular weight is 376 g/mol. The highest BCUT2D eigenvalue weighted by molar-refractivity contribution is 6.76. The SMILES string of the molecule is C[Si](C)(C)CCOC(=O)[C@@H]1[C@H](C(=O)O)C2CC(=O)[C@H]1c1cc(O)ccc12. The number of hydrogen-bond acceptors (Lipinski definition) is 5. The topological polar surface area (TPSA) is 101 Å². The molecule has 140 valence electrons. The summed E-state index contributed by atoms with van der Waals surface area (Å²) in [5, 5.41) is 19.5. The van der Waals surface area contributed by atoms with Crippen molar-refractivity contribution in [3.63, 3.8) is 0 Å². The van der Waals surface area contributed by atoms with Crippen molar-refractivity contribution in [2.24, 2.45) is 11.8 Å². The van der Waals surface area contributed by atoms with Gasteiger partial charge in [0.25, 0.3) is 0 Å². The lowest BCUT2D eigenvalue weighted by atomic mass is 9.55. The number of aliphatic carboxylic acids is 1. The summed E-state index contributed by atoms with van der Waals surface area (Å²) in [6, 6.07) is 5.41. The summed E-state index contributed by atoms with van der Waals surface area (Å²) >= 11 is 0. The van der Waals surface area contributed by atoms with Gasteiger partial charge >= 0.3 is 11.9 Å². The maximum Gasteiger partial charge on any atom is 0.310 e. The van der Waals surface area contributed by atoms with Crippen LogP contribution in [0.4, 0.5) is 0 Å². The molecule has 2 N–H and O–H groups in total. The molecule has 3 aliphatic carbocycles. The third-order valence-corrected chi connectivity index (χ3v) is 7.11. The number of rotatable bonds is 5. The van der Waals surface area contributed by atoms with Gasteiger partial charge in [0, 0.05) is 20.4 Å². The smallest absolute Gasteiger partial charge is 0.310 e. The van der Waals surface area contributed by atoms with E-state index < -0.39 is 43.7 Å². The molecule has 0 heterocycles. The number of carboxylic acids is 1. The molecule has 2 bridgehead atoms. The number of Topliss-reactive ketones (excluding diaryl/α,β-unsaturated/α-hetero) is 1. The van der Waals surface area contributed by atoms with E-state index in [1.54, 1.807) is 6.07 Å². The zero-order valence-corrected chi connectivity index (χ0v) is 16.2. The normalized spacial score (nSPS) is 27.1. The van der Waals surface area contributed by atoms with Gasteiger partial charge in [-0.2, -0.15) is 0 Å². The van der Waals surface area contributed by atoms with Crippen LogP contribution < -0.4 is 0 Å². The van der Waals surface area contributed by atoms with Crippen molar-refractivity contribution in [2.45, 2.75) is 43.9 Å². The van der Waals surface area contributed by atoms with E-state index in [1.165, 1.54) is 12.1 Å². The van der Waals surface area contributed by atoms with Gasteiger partial charge in [-0.1, -0.05) is 25.7 Å². The molecule has 26 heavy (non-hydrogen) atoms. The van der Waals surface area contributed by atoms with E-state index >= 15 is 0 Å². The minimum absolute atomic E-state index is 0.00169. The van der Waals surface area contributed by atoms with Crippen LogP contribution >= 0.6 is 0 Å². The second-order valence-electron chi connectivity index (χ2n) is 8.44. The fourth-order valence-electron chi connectivity index (χ4n) is 4.13. The van der Waals surface area contributed by atoms with Crippen LogP contribution in [-0.4, -0.2) is 42.6 Å². The molecule has 4 rings (SSSR count). The predicted octanol–water partition coefficient (Wildman–Crippen LogP) is 2.74. The summed E-state index contributed by atoms with van der Waals surface area (Å²) in [5.74, 6) is -5.29. The molecular formula is C19H24O6Si. The van der Waals surface area contributed by atoms with E-state index in [9.17, 15) is 24.6 Å². The monoisotopic (exact) mass is 376 g/mol. The summed E-state index contributed by atoms with van der Waals surface area (Å²) in [5.41, 5.74) is 1.31. The molecule has 0 aliphatic heterocycles. The van der Waals surface area contributed by atoms with Gasteiger partial charge in [0.1, 0.15) is 11.5 Å². The highest BCUT2D eigenvalue weighted by Gasteiger charge is 2.57. The van der Waals surface area contributed by atoms with Crippen LogP contribution in [0.3, 0.4) is 0 Å². The number of phenolic OH excluding ortho intramolecular Hbond substituents is 1. The minimum atomic E-state index is -1.40. The fourth-order valence-corrected chi connectivity index (χ4v) is 4.84. The maximum atomic E-state index is 12.7. The van der Waals surface area contributed by atoms with Crippen molar-refractivity contribution in [2.75, 3.05) is 6.61 Å². The number of ether oxygens (including phenoxy) is 1. The van der Waals surface area contributed by atoms with Crippen molar-refractivity contribution in [1.82, 2.24) is 0 Å². The number of phenols is 1. The van der Waals surface area contributed by atoms with E-state index in [0.717, 1.165) is 11.6 Å². The first-order valence-electron chi connectivity index (χ1n) is 8.85. The van der Waals surface area contributed by atoms with Gasteiger partial charge in [-0.15, -0.1) is 0 Å². The molecule has 6 nitrogen and oxygen atoms in total. The minimum Gasteiger partial charge on any atom is -0.508 e. The first-order valence-corrected chi connectivity index (χ1v) is 12.6. The molecule has 1 fully saturated rings. The Kier molecular flexibility index (Phi) is 4.68. The standard InChI is InChI=1S/C19H24O6Si/c1-26(2,3)7-6-25-19(24)17-15-12-8-10(20)4-5-11(12)13(9-14(15)21)16(17)18(22)23/h4-5,8,13,15-17,20H,6-7,9H2,1-3H3,(H,22,23)/t13?,15-,16-,17+/m1/s1. The maximum absolute atomic E-state index is 12.7. The Labute approximate surface area is 153 Å². The Bertz CT molecular complexity index is 766. The van der Waals surface area contributed by atoms with Crippen LogP contribution in [0.5, 0.6) is 5.75 Å². The van der Waals surface area contributed by atoms with Crippen LogP contribution in [-0.2, 0) is 19.1 Å². The van der Waals surface area contributed by atoms with Crippen molar-refractivity contribution in [1.29, 1.82) is 0 Å². The number of benzene rings is 1. The zero-order chi connectivity index (χ0) is 19.2. The number of carboxylic acid groups (broad SMARTS) is 1. The number of fused-ring (bicyclic) bond motifs is 2. The highest BCUT2D eigenvalue weighted by Crippen LogP contribution is 2.55. The molecular weight excluding hydrogens is 352 g/mol. The summed E-state index contributed by atoms with van der Waals surface area (Å²) in [7, 11) is -1.40. The zero-order valence-electron chi connectivity index (χ0n) is 15.2. The number of carbonyl (C=O) groups is 3. The Hall–Kier alpha value is -2.15. The van der Waals surface area contributed by atoms with E-state index in [0.29, 0.717) is 5.56 Å². The second-order valence-corrected chi connectivity index (χ2v) is 14.1. The van der Waals surface area contributed by atoms with Gasteiger partial charge in [-0.05, 0) is 29.3 Å². The lowest BCUT2D eigenvalue weighted by molar-refractivity contribution is -0.164. The van der Waals surface area contributed by atoms with Crippen LogP contribution in [0.25, 0.3) is 0 Å². The van der Waals surface area contributed by atoms with E-state index in [-0.39, 0.29) is 24.6 Å². The van der Waals surface area contributed by atoms with Crippen molar-refractivity contribution < 1.29 is 29.3 Å². The Morgan fingerprint density at radius 1 is 1.19 bits per heavy atom. The number of esters is 1. The largest absolute Gasteiger partial charge is 0.508 e. The van der Waals surface area contributed by atoms with Gasteiger partial charge in [-0.3, -0.25) is 14.4 Å². The molecule has 0 amide bonds. The summed E-state index contributed by atoms with van der Waals surface area (Å²) < 4.78 is 5.40. The summed E-state index contributed by atoms with van der Waals surface area (Å²) in [4.78, 5) is 37.2. The van der Waals surface area contributed by atoms with Crippen LogP contribution in [0, 0.1) is 11.8 Å². The fraction of sp³-hybridized carbons (Fsp3) is 0.526. The highest BCUT2D eigenvalue weighted by atomic mass is 28.3.